The number of benzene rings is 1. The highest BCUT2D eigenvalue weighted by molar-refractivity contribution is 5.94. The summed E-state index contributed by atoms with van der Waals surface area (Å²) < 4.78 is 13.6. The first-order valence-corrected chi connectivity index (χ1v) is 5.73. The Bertz CT molecular complexity index is 391. The van der Waals surface area contributed by atoms with Crippen molar-refractivity contribution in [2.75, 3.05) is 6.54 Å². The molecule has 1 aromatic carbocycles. The second kappa shape index (κ2) is 6.35. The Kier molecular flexibility index (Phi) is 5.10. The van der Waals surface area contributed by atoms with Crippen LogP contribution in [0.2, 0.25) is 0 Å². The van der Waals surface area contributed by atoms with Gasteiger partial charge in [-0.15, -0.1) is 0 Å². The van der Waals surface area contributed by atoms with Crippen molar-refractivity contribution in [3.63, 3.8) is 0 Å². The Morgan fingerprint density at radius 2 is 2.24 bits per heavy atom. The highest BCUT2D eigenvalue weighted by Gasteiger charge is 2.12. The Morgan fingerprint density at radius 1 is 1.53 bits per heavy atom. The van der Waals surface area contributed by atoms with Gasteiger partial charge in [-0.1, -0.05) is 12.1 Å². The third-order valence-corrected chi connectivity index (χ3v) is 2.52. The molecule has 1 amide bonds. The van der Waals surface area contributed by atoms with Gasteiger partial charge >= 0.3 is 0 Å². The minimum absolute atomic E-state index is 0.0713. The quantitative estimate of drug-likeness (QED) is 0.772. The Labute approximate surface area is 101 Å². The molecule has 0 fully saturated rings. The fourth-order valence-corrected chi connectivity index (χ4v) is 1.52. The van der Waals surface area contributed by atoms with Gasteiger partial charge in [-0.3, -0.25) is 4.79 Å². The van der Waals surface area contributed by atoms with Crippen LogP contribution in [0.1, 0.15) is 35.7 Å². The third kappa shape index (κ3) is 4.15. The first kappa shape index (κ1) is 13.6. The average Bonchev–Trinajstić information content (AvgIpc) is 2.27. The summed E-state index contributed by atoms with van der Waals surface area (Å²) in [5.41, 5.74) is 0.531. The third-order valence-electron chi connectivity index (χ3n) is 2.52. The molecule has 4 heteroatoms. The van der Waals surface area contributed by atoms with Crippen LogP contribution in [0.3, 0.4) is 0 Å². The molecule has 0 aromatic heterocycles. The lowest BCUT2D eigenvalue weighted by Gasteiger charge is -2.08. The lowest BCUT2D eigenvalue weighted by atomic mass is 10.1. The van der Waals surface area contributed by atoms with Gasteiger partial charge in [-0.2, -0.15) is 0 Å². The van der Waals surface area contributed by atoms with E-state index in [9.17, 15) is 9.18 Å². The number of carbonyl (C=O) groups is 1. The smallest absolute Gasteiger partial charge is 0.254 e. The van der Waals surface area contributed by atoms with Gasteiger partial charge in [0, 0.05) is 6.54 Å². The van der Waals surface area contributed by atoms with Crippen LogP contribution in [0, 0.1) is 12.7 Å². The SMILES string of the molecule is Cc1cccc(C(=O)NCCCC(C)O)c1F. The number of amides is 1. The zero-order valence-corrected chi connectivity index (χ0v) is 10.2. The van der Waals surface area contributed by atoms with Crippen molar-refractivity contribution < 1.29 is 14.3 Å². The lowest BCUT2D eigenvalue weighted by Crippen LogP contribution is -2.26. The van der Waals surface area contributed by atoms with Gasteiger partial charge < -0.3 is 10.4 Å². The monoisotopic (exact) mass is 239 g/mol. The van der Waals surface area contributed by atoms with Gasteiger partial charge in [-0.25, -0.2) is 4.39 Å². The number of aryl methyl sites for hydroxylation is 1. The maximum atomic E-state index is 13.6. The van der Waals surface area contributed by atoms with Crippen molar-refractivity contribution in [2.45, 2.75) is 32.8 Å². The van der Waals surface area contributed by atoms with E-state index in [-0.39, 0.29) is 11.7 Å². The Morgan fingerprint density at radius 3 is 2.88 bits per heavy atom. The van der Waals surface area contributed by atoms with Crippen molar-refractivity contribution in [2.24, 2.45) is 0 Å². The maximum Gasteiger partial charge on any atom is 0.254 e. The van der Waals surface area contributed by atoms with Gasteiger partial charge in [0.2, 0.25) is 0 Å². The summed E-state index contributed by atoms with van der Waals surface area (Å²) in [6.07, 6.45) is 0.926. The van der Waals surface area contributed by atoms with Crippen LogP contribution in [-0.4, -0.2) is 23.7 Å². The summed E-state index contributed by atoms with van der Waals surface area (Å²) in [5.74, 6) is -0.877. The molecule has 0 aliphatic carbocycles. The average molecular weight is 239 g/mol. The minimum Gasteiger partial charge on any atom is -0.393 e. The topological polar surface area (TPSA) is 49.3 Å². The van der Waals surface area contributed by atoms with E-state index in [0.29, 0.717) is 24.9 Å². The van der Waals surface area contributed by atoms with Crippen LogP contribution in [0.5, 0.6) is 0 Å². The molecule has 0 saturated carbocycles. The first-order chi connectivity index (χ1) is 8.02. The van der Waals surface area contributed by atoms with E-state index in [4.69, 9.17) is 5.11 Å². The van der Waals surface area contributed by atoms with E-state index in [1.54, 1.807) is 26.0 Å². The largest absolute Gasteiger partial charge is 0.393 e. The second-order valence-electron chi connectivity index (χ2n) is 4.18. The fraction of sp³-hybridized carbons (Fsp3) is 0.462. The van der Waals surface area contributed by atoms with Gasteiger partial charge in [0.1, 0.15) is 5.82 Å². The number of aliphatic hydroxyl groups is 1. The summed E-state index contributed by atoms with van der Waals surface area (Å²) in [6, 6.07) is 4.75. The molecule has 17 heavy (non-hydrogen) atoms. The molecule has 0 spiro atoms. The Hall–Kier alpha value is -1.42. The molecule has 3 nitrogen and oxygen atoms in total. The summed E-state index contributed by atoms with van der Waals surface area (Å²) in [6.45, 7) is 3.76. The number of hydrogen-bond donors (Lipinski definition) is 2. The van der Waals surface area contributed by atoms with Crippen LogP contribution in [-0.2, 0) is 0 Å². The molecular weight excluding hydrogens is 221 g/mol. The highest BCUT2D eigenvalue weighted by atomic mass is 19.1. The van der Waals surface area contributed by atoms with Gasteiger partial charge in [0.05, 0.1) is 11.7 Å². The Balaban J connectivity index is 2.50. The molecule has 0 aliphatic rings. The number of halogens is 1. The number of hydrogen-bond acceptors (Lipinski definition) is 2. The van der Waals surface area contributed by atoms with Crippen LogP contribution in [0.25, 0.3) is 0 Å². The van der Waals surface area contributed by atoms with Crippen LogP contribution in [0.15, 0.2) is 18.2 Å². The fourth-order valence-electron chi connectivity index (χ4n) is 1.52. The molecule has 0 saturated heterocycles. The molecule has 0 heterocycles. The van der Waals surface area contributed by atoms with Gasteiger partial charge in [0.15, 0.2) is 0 Å². The van der Waals surface area contributed by atoms with E-state index in [0.717, 1.165) is 0 Å². The second-order valence-corrected chi connectivity index (χ2v) is 4.18. The molecule has 1 atom stereocenters. The number of carbonyl (C=O) groups excluding carboxylic acids is 1. The minimum atomic E-state index is -0.472. The molecule has 1 rings (SSSR count). The van der Waals surface area contributed by atoms with Crippen LogP contribution in [0.4, 0.5) is 4.39 Å². The van der Waals surface area contributed by atoms with E-state index in [1.165, 1.54) is 6.07 Å². The highest BCUT2D eigenvalue weighted by Crippen LogP contribution is 2.11. The molecule has 0 bridgehead atoms. The van der Waals surface area contributed by atoms with Crippen molar-refractivity contribution in [3.05, 3.63) is 35.1 Å². The van der Waals surface area contributed by atoms with E-state index in [2.05, 4.69) is 5.32 Å². The zero-order valence-electron chi connectivity index (χ0n) is 10.2. The molecule has 2 N–H and O–H groups in total. The standard InChI is InChI=1S/C13H18FNO2/c1-9-5-3-7-11(12(9)14)13(17)15-8-4-6-10(2)16/h3,5,7,10,16H,4,6,8H2,1-2H3,(H,15,17). The lowest BCUT2D eigenvalue weighted by molar-refractivity contribution is 0.0945. The van der Waals surface area contributed by atoms with Crippen molar-refractivity contribution >= 4 is 5.91 Å². The van der Waals surface area contributed by atoms with Crippen molar-refractivity contribution in [1.29, 1.82) is 0 Å². The van der Waals surface area contributed by atoms with Gasteiger partial charge in [0.25, 0.3) is 5.91 Å². The van der Waals surface area contributed by atoms with Crippen molar-refractivity contribution in [1.82, 2.24) is 5.32 Å². The summed E-state index contributed by atoms with van der Waals surface area (Å²) in [4.78, 5) is 11.6. The van der Waals surface area contributed by atoms with E-state index >= 15 is 0 Å². The molecule has 1 aromatic rings. The van der Waals surface area contributed by atoms with E-state index in [1.807, 2.05) is 0 Å². The number of rotatable bonds is 5. The maximum absolute atomic E-state index is 13.6. The van der Waals surface area contributed by atoms with E-state index < -0.39 is 11.7 Å². The predicted octanol–water partition coefficient (Wildman–Crippen LogP) is 2.02. The molecular formula is C13H18FNO2. The molecule has 0 aliphatic heterocycles. The normalized spacial score (nSPS) is 12.2. The van der Waals surface area contributed by atoms with Crippen molar-refractivity contribution in [3.8, 4) is 0 Å². The molecule has 0 radical (unpaired) electrons. The van der Waals surface area contributed by atoms with Crippen LogP contribution < -0.4 is 5.32 Å². The van der Waals surface area contributed by atoms with Gasteiger partial charge in [-0.05, 0) is 38.3 Å². The number of nitrogens with one attached hydrogen (secondary N) is 1. The summed E-state index contributed by atoms with van der Waals surface area (Å²) >= 11 is 0. The molecule has 94 valence electrons. The number of aliphatic hydroxyl groups excluding tert-OH is 1. The predicted molar refractivity (Wildman–Crippen MR) is 64.4 cm³/mol. The van der Waals surface area contributed by atoms with Crippen LogP contribution >= 0.6 is 0 Å². The summed E-state index contributed by atoms with van der Waals surface area (Å²) in [5, 5.41) is 11.7. The molecule has 1 unspecified atom stereocenters. The zero-order chi connectivity index (χ0) is 12.8. The summed E-state index contributed by atoms with van der Waals surface area (Å²) in [7, 11) is 0. The first-order valence-electron chi connectivity index (χ1n) is 5.73.